The molecule has 5 heteroatoms. The highest BCUT2D eigenvalue weighted by Gasteiger charge is 2.14. The Morgan fingerprint density at radius 2 is 2.06 bits per heavy atom. The fourth-order valence-electron chi connectivity index (χ4n) is 2.08. The second-order valence-electron chi connectivity index (χ2n) is 4.43. The van der Waals surface area contributed by atoms with E-state index in [4.69, 9.17) is 15.2 Å². The van der Waals surface area contributed by atoms with E-state index in [1.165, 1.54) is 0 Å². The lowest BCUT2D eigenvalue weighted by molar-refractivity contribution is 0.174. The molecule has 2 aromatic rings. The summed E-state index contributed by atoms with van der Waals surface area (Å²) in [6.07, 6.45) is 0. The molecule has 94 valence electrons. The molecule has 1 aromatic heterocycles. The lowest BCUT2D eigenvalue weighted by Gasteiger charge is -2.05. The van der Waals surface area contributed by atoms with E-state index in [0.29, 0.717) is 13.3 Å². The molecule has 18 heavy (non-hydrogen) atoms. The van der Waals surface area contributed by atoms with Crippen molar-refractivity contribution in [2.45, 2.75) is 20.4 Å². The van der Waals surface area contributed by atoms with Crippen molar-refractivity contribution in [3.8, 4) is 11.5 Å². The predicted octanol–water partition coefficient (Wildman–Crippen LogP) is 1.86. The van der Waals surface area contributed by atoms with E-state index in [1.807, 2.05) is 36.7 Å². The van der Waals surface area contributed by atoms with Crippen LogP contribution in [-0.2, 0) is 6.54 Å². The number of aromatic nitrogens is 2. The van der Waals surface area contributed by atoms with Gasteiger partial charge in [0.2, 0.25) is 6.79 Å². The number of rotatable bonds is 2. The smallest absolute Gasteiger partial charge is 0.231 e. The van der Waals surface area contributed by atoms with Gasteiger partial charge in [-0.1, -0.05) is 6.07 Å². The first-order valence-corrected chi connectivity index (χ1v) is 5.83. The molecule has 1 aliphatic rings. The van der Waals surface area contributed by atoms with Gasteiger partial charge in [0.1, 0.15) is 0 Å². The summed E-state index contributed by atoms with van der Waals surface area (Å²) in [7, 11) is 0. The Labute approximate surface area is 105 Å². The van der Waals surface area contributed by atoms with Crippen molar-refractivity contribution in [2.24, 2.45) is 0 Å². The number of nitrogens with zero attached hydrogens (tertiary/aromatic N) is 2. The SMILES string of the molecule is Cc1nn(Cc2ccc3c(c2)OCO3)c(C)c1N. The maximum Gasteiger partial charge on any atom is 0.231 e. The number of fused-ring (bicyclic) bond motifs is 1. The molecule has 5 nitrogen and oxygen atoms in total. The van der Waals surface area contributed by atoms with Crippen LogP contribution < -0.4 is 15.2 Å². The van der Waals surface area contributed by atoms with Gasteiger partial charge in [0.05, 0.1) is 23.6 Å². The molecule has 0 fully saturated rings. The monoisotopic (exact) mass is 245 g/mol. The Kier molecular flexibility index (Phi) is 2.40. The fourth-order valence-corrected chi connectivity index (χ4v) is 2.08. The molecule has 0 unspecified atom stereocenters. The standard InChI is InChI=1S/C13H15N3O2/c1-8-13(14)9(2)16(15-8)6-10-3-4-11-12(5-10)18-7-17-11/h3-5H,6-7,14H2,1-2H3. The van der Waals surface area contributed by atoms with Crippen LogP contribution in [0.5, 0.6) is 11.5 Å². The van der Waals surface area contributed by atoms with Crippen LogP contribution in [0.15, 0.2) is 18.2 Å². The number of nitrogen functional groups attached to an aromatic ring is 1. The Bertz CT molecular complexity index is 605. The van der Waals surface area contributed by atoms with Crippen molar-refractivity contribution < 1.29 is 9.47 Å². The van der Waals surface area contributed by atoms with Crippen LogP contribution in [0.3, 0.4) is 0 Å². The summed E-state index contributed by atoms with van der Waals surface area (Å²) in [6.45, 7) is 4.87. The molecule has 1 aromatic carbocycles. The molecular formula is C13H15N3O2. The van der Waals surface area contributed by atoms with Crippen LogP contribution >= 0.6 is 0 Å². The van der Waals surface area contributed by atoms with Crippen molar-refractivity contribution >= 4 is 5.69 Å². The minimum Gasteiger partial charge on any atom is -0.454 e. The van der Waals surface area contributed by atoms with Crippen molar-refractivity contribution in [1.29, 1.82) is 0 Å². The third-order valence-corrected chi connectivity index (χ3v) is 3.21. The van der Waals surface area contributed by atoms with Crippen LogP contribution in [0.2, 0.25) is 0 Å². The molecule has 1 aliphatic heterocycles. The van der Waals surface area contributed by atoms with Gasteiger partial charge in [0.15, 0.2) is 11.5 Å². The van der Waals surface area contributed by atoms with E-state index in [9.17, 15) is 0 Å². The Hall–Kier alpha value is -2.17. The zero-order valence-electron chi connectivity index (χ0n) is 10.4. The molecule has 0 saturated heterocycles. The third kappa shape index (κ3) is 1.68. The molecule has 0 atom stereocenters. The van der Waals surface area contributed by atoms with Gasteiger partial charge in [-0.05, 0) is 31.5 Å². The van der Waals surface area contributed by atoms with Crippen LogP contribution in [0.25, 0.3) is 0 Å². The summed E-state index contributed by atoms with van der Waals surface area (Å²) in [5, 5.41) is 4.42. The second-order valence-corrected chi connectivity index (χ2v) is 4.43. The molecular weight excluding hydrogens is 230 g/mol. The van der Waals surface area contributed by atoms with E-state index in [2.05, 4.69) is 5.10 Å². The molecule has 2 heterocycles. The highest BCUT2D eigenvalue weighted by Crippen LogP contribution is 2.32. The number of benzene rings is 1. The molecule has 3 rings (SSSR count). The number of aryl methyl sites for hydroxylation is 1. The van der Waals surface area contributed by atoms with Gasteiger partial charge in [-0.3, -0.25) is 4.68 Å². The van der Waals surface area contributed by atoms with Crippen LogP contribution in [0, 0.1) is 13.8 Å². The van der Waals surface area contributed by atoms with Crippen LogP contribution in [0.4, 0.5) is 5.69 Å². The Balaban J connectivity index is 1.90. The lowest BCUT2D eigenvalue weighted by Crippen LogP contribution is -2.04. The molecule has 0 saturated carbocycles. The van der Waals surface area contributed by atoms with Gasteiger partial charge in [-0.25, -0.2) is 0 Å². The quantitative estimate of drug-likeness (QED) is 0.877. The van der Waals surface area contributed by atoms with Gasteiger partial charge in [0, 0.05) is 0 Å². The number of hydrogen-bond donors (Lipinski definition) is 1. The molecule has 0 aliphatic carbocycles. The lowest BCUT2D eigenvalue weighted by atomic mass is 10.2. The van der Waals surface area contributed by atoms with Crippen molar-refractivity contribution in [3.63, 3.8) is 0 Å². The van der Waals surface area contributed by atoms with E-state index >= 15 is 0 Å². The summed E-state index contributed by atoms with van der Waals surface area (Å²) in [4.78, 5) is 0. The summed E-state index contributed by atoms with van der Waals surface area (Å²) in [5.41, 5.74) is 9.65. The highest BCUT2D eigenvalue weighted by atomic mass is 16.7. The largest absolute Gasteiger partial charge is 0.454 e. The van der Waals surface area contributed by atoms with Gasteiger partial charge in [0.25, 0.3) is 0 Å². The van der Waals surface area contributed by atoms with Gasteiger partial charge in [-0.15, -0.1) is 0 Å². The Morgan fingerprint density at radius 3 is 2.78 bits per heavy atom. The molecule has 0 spiro atoms. The topological polar surface area (TPSA) is 62.3 Å². The summed E-state index contributed by atoms with van der Waals surface area (Å²) >= 11 is 0. The van der Waals surface area contributed by atoms with Crippen molar-refractivity contribution in [3.05, 3.63) is 35.2 Å². The maximum absolute atomic E-state index is 5.92. The average Bonchev–Trinajstić information content (AvgIpc) is 2.91. The van der Waals surface area contributed by atoms with E-state index < -0.39 is 0 Å². The Morgan fingerprint density at radius 1 is 1.28 bits per heavy atom. The van der Waals surface area contributed by atoms with Gasteiger partial charge >= 0.3 is 0 Å². The number of ether oxygens (including phenoxy) is 2. The molecule has 0 bridgehead atoms. The van der Waals surface area contributed by atoms with E-state index in [-0.39, 0.29) is 0 Å². The van der Waals surface area contributed by atoms with Gasteiger partial charge in [-0.2, -0.15) is 5.10 Å². The molecule has 0 radical (unpaired) electrons. The average molecular weight is 245 g/mol. The summed E-state index contributed by atoms with van der Waals surface area (Å²) < 4.78 is 12.6. The number of hydrogen-bond acceptors (Lipinski definition) is 4. The fraction of sp³-hybridized carbons (Fsp3) is 0.308. The first-order valence-electron chi connectivity index (χ1n) is 5.83. The molecule has 2 N–H and O–H groups in total. The summed E-state index contributed by atoms with van der Waals surface area (Å²) in [5.74, 6) is 1.59. The van der Waals surface area contributed by atoms with Gasteiger partial charge < -0.3 is 15.2 Å². The van der Waals surface area contributed by atoms with Crippen LogP contribution in [0.1, 0.15) is 17.0 Å². The van der Waals surface area contributed by atoms with Crippen molar-refractivity contribution in [2.75, 3.05) is 12.5 Å². The van der Waals surface area contributed by atoms with E-state index in [1.54, 1.807) is 0 Å². The third-order valence-electron chi connectivity index (χ3n) is 3.21. The maximum atomic E-state index is 5.92. The second kappa shape index (κ2) is 3.94. The predicted molar refractivity (Wildman–Crippen MR) is 67.8 cm³/mol. The minimum atomic E-state index is 0.297. The summed E-state index contributed by atoms with van der Waals surface area (Å²) in [6, 6.07) is 5.92. The molecule has 0 amide bonds. The number of nitrogens with two attached hydrogens (primary N) is 1. The highest BCUT2D eigenvalue weighted by molar-refractivity contribution is 5.48. The zero-order chi connectivity index (χ0) is 12.7. The van der Waals surface area contributed by atoms with Crippen LogP contribution in [-0.4, -0.2) is 16.6 Å². The van der Waals surface area contributed by atoms with Crippen molar-refractivity contribution in [1.82, 2.24) is 9.78 Å². The van der Waals surface area contributed by atoms with E-state index in [0.717, 1.165) is 34.1 Å². The first kappa shape index (κ1) is 11.0. The first-order chi connectivity index (χ1) is 8.65. The number of anilines is 1. The normalized spacial score (nSPS) is 13.0. The zero-order valence-corrected chi connectivity index (χ0v) is 10.4. The minimum absolute atomic E-state index is 0.297.